The topological polar surface area (TPSA) is 86.5 Å². The molecule has 0 aliphatic carbocycles. The van der Waals surface area contributed by atoms with Crippen LogP contribution in [0.4, 0.5) is 4.39 Å². The van der Waals surface area contributed by atoms with E-state index >= 15 is 0 Å². The zero-order valence-corrected chi connectivity index (χ0v) is 12.1. The summed E-state index contributed by atoms with van der Waals surface area (Å²) < 4.78 is 42.0. The molecule has 0 aromatic heterocycles. The first-order valence-corrected chi connectivity index (χ1v) is 8.32. The fraction of sp³-hybridized carbons (Fsp3) is 0.357. The lowest BCUT2D eigenvalue weighted by atomic mass is 10.1. The minimum absolute atomic E-state index is 0.0682. The number of benzene rings is 1. The van der Waals surface area contributed by atoms with Gasteiger partial charge in [0.05, 0.1) is 11.5 Å². The van der Waals surface area contributed by atoms with Crippen molar-refractivity contribution < 1.29 is 22.3 Å². The van der Waals surface area contributed by atoms with Crippen LogP contribution in [0.2, 0.25) is 0 Å². The zero-order chi connectivity index (χ0) is 15.5. The molecule has 2 N–H and O–H groups in total. The minimum atomic E-state index is -2.97. The van der Waals surface area contributed by atoms with Gasteiger partial charge in [-0.05, 0) is 36.6 Å². The number of sulfone groups is 1. The van der Waals surface area contributed by atoms with Crippen LogP contribution in [0, 0.1) is 5.82 Å². The van der Waals surface area contributed by atoms with Crippen molar-refractivity contribution >= 4 is 21.8 Å². The van der Waals surface area contributed by atoms with Crippen LogP contribution in [0.25, 0.3) is 6.08 Å². The average molecular weight is 313 g/mol. The molecule has 5 nitrogen and oxygen atoms in total. The van der Waals surface area contributed by atoms with E-state index in [9.17, 15) is 17.6 Å². The molecule has 1 aromatic rings. The van der Waals surface area contributed by atoms with E-state index in [0.717, 1.165) is 6.08 Å². The Hall–Kier alpha value is -1.89. The molecule has 0 unspecified atom stereocenters. The van der Waals surface area contributed by atoms with Crippen molar-refractivity contribution in [1.29, 1.82) is 0 Å². The standard InChI is InChI=1S/C14H16FNO4S/c15-12-9-10(2-4-14(16)17)1-3-13(12)20-11-5-7-21(18,19)8-6-11/h1-4,9,11H,5-8H2,(H2,16,17). The van der Waals surface area contributed by atoms with Crippen LogP contribution in [-0.2, 0) is 14.6 Å². The molecule has 1 amide bonds. The summed E-state index contributed by atoms with van der Waals surface area (Å²) in [6.45, 7) is 0. The number of primary amides is 1. The van der Waals surface area contributed by atoms with E-state index in [2.05, 4.69) is 0 Å². The van der Waals surface area contributed by atoms with E-state index in [1.54, 1.807) is 6.07 Å². The molecule has 1 aliphatic heterocycles. The van der Waals surface area contributed by atoms with Crippen LogP contribution in [0.1, 0.15) is 18.4 Å². The summed E-state index contributed by atoms with van der Waals surface area (Å²) in [6.07, 6.45) is 2.98. The fourth-order valence-corrected chi connectivity index (χ4v) is 3.51. The lowest BCUT2D eigenvalue weighted by Gasteiger charge is -2.23. The molecule has 7 heteroatoms. The van der Waals surface area contributed by atoms with Crippen LogP contribution in [0.5, 0.6) is 5.75 Å². The first-order valence-electron chi connectivity index (χ1n) is 6.50. The number of carbonyl (C=O) groups excluding carboxylic acids is 1. The Balaban J connectivity index is 2.03. The molecule has 0 bridgehead atoms. The Morgan fingerprint density at radius 1 is 1.33 bits per heavy atom. The third-order valence-electron chi connectivity index (χ3n) is 3.19. The highest BCUT2D eigenvalue weighted by molar-refractivity contribution is 7.91. The number of hydrogen-bond donors (Lipinski definition) is 1. The summed E-state index contributed by atoms with van der Waals surface area (Å²) in [5, 5.41) is 0. The van der Waals surface area contributed by atoms with Gasteiger partial charge >= 0.3 is 0 Å². The first-order chi connectivity index (χ1) is 9.85. The van der Waals surface area contributed by atoms with Gasteiger partial charge in [0.2, 0.25) is 5.91 Å². The Kier molecular flexibility index (Phi) is 4.62. The number of carbonyl (C=O) groups is 1. The van der Waals surface area contributed by atoms with Crippen LogP contribution in [-0.4, -0.2) is 31.9 Å². The Labute approximate surface area is 122 Å². The van der Waals surface area contributed by atoms with Gasteiger partial charge in [0.1, 0.15) is 6.10 Å². The number of rotatable bonds is 4. The van der Waals surface area contributed by atoms with Gasteiger partial charge in [0.25, 0.3) is 0 Å². The highest BCUT2D eigenvalue weighted by Crippen LogP contribution is 2.24. The van der Waals surface area contributed by atoms with E-state index in [0.29, 0.717) is 18.4 Å². The van der Waals surface area contributed by atoms with E-state index < -0.39 is 21.6 Å². The predicted molar refractivity (Wildman–Crippen MR) is 76.9 cm³/mol. The fourth-order valence-electron chi connectivity index (χ4n) is 2.06. The molecular formula is C14H16FNO4S. The van der Waals surface area contributed by atoms with Gasteiger partial charge in [-0.15, -0.1) is 0 Å². The third kappa shape index (κ3) is 4.56. The van der Waals surface area contributed by atoms with E-state index in [-0.39, 0.29) is 23.4 Å². The summed E-state index contributed by atoms with van der Waals surface area (Å²) in [6, 6.07) is 4.28. The first kappa shape index (κ1) is 15.5. The maximum atomic E-state index is 13.9. The second-order valence-electron chi connectivity index (χ2n) is 4.89. The van der Waals surface area contributed by atoms with Gasteiger partial charge in [-0.3, -0.25) is 4.79 Å². The molecule has 1 aliphatic rings. The maximum Gasteiger partial charge on any atom is 0.241 e. The number of nitrogens with two attached hydrogens (primary N) is 1. The lowest BCUT2D eigenvalue weighted by molar-refractivity contribution is -0.113. The van der Waals surface area contributed by atoms with Crippen LogP contribution in [0.3, 0.4) is 0 Å². The Morgan fingerprint density at radius 2 is 2.00 bits per heavy atom. The molecular weight excluding hydrogens is 297 g/mol. The quantitative estimate of drug-likeness (QED) is 0.848. The Morgan fingerprint density at radius 3 is 2.57 bits per heavy atom. The van der Waals surface area contributed by atoms with Gasteiger partial charge in [0, 0.05) is 6.08 Å². The van der Waals surface area contributed by atoms with Crippen LogP contribution in [0.15, 0.2) is 24.3 Å². The van der Waals surface area contributed by atoms with E-state index in [4.69, 9.17) is 10.5 Å². The summed E-state index contributed by atoms with van der Waals surface area (Å²) in [5.41, 5.74) is 5.45. The van der Waals surface area contributed by atoms with Crippen molar-refractivity contribution in [2.24, 2.45) is 5.73 Å². The average Bonchev–Trinajstić information content (AvgIpc) is 2.41. The molecule has 0 radical (unpaired) electrons. The number of amides is 1. The van der Waals surface area contributed by atoms with Crippen molar-refractivity contribution in [1.82, 2.24) is 0 Å². The molecule has 0 atom stereocenters. The van der Waals surface area contributed by atoms with Crippen molar-refractivity contribution in [3.05, 3.63) is 35.7 Å². The van der Waals surface area contributed by atoms with Crippen molar-refractivity contribution in [2.45, 2.75) is 18.9 Å². The molecule has 2 rings (SSSR count). The molecule has 1 aromatic carbocycles. The monoisotopic (exact) mass is 313 g/mol. The van der Waals surface area contributed by atoms with Crippen LogP contribution >= 0.6 is 0 Å². The van der Waals surface area contributed by atoms with Gasteiger partial charge in [-0.25, -0.2) is 12.8 Å². The third-order valence-corrected chi connectivity index (χ3v) is 4.91. The molecule has 1 saturated heterocycles. The lowest BCUT2D eigenvalue weighted by Crippen LogP contribution is -2.30. The number of halogens is 1. The van der Waals surface area contributed by atoms with E-state index in [1.807, 2.05) is 0 Å². The molecule has 21 heavy (non-hydrogen) atoms. The number of hydrogen-bond acceptors (Lipinski definition) is 4. The molecule has 114 valence electrons. The van der Waals surface area contributed by atoms with Crippen molar-refractivity contribution in [2.75, 3.05) is 11.5 Å². The van der Waals surface area contributed by atoms with Gasteiger partial charge in [-0.2, -0.15) is 0 Å². The molecule has 1 fully saturated rings. The molecule has 1 heterocycles. The predicted octanol–water partition coefficient (Wildman–Crippen LogP) is 1.28. The highest BCUT2D eigenvalue weighted by atomic mass is 32.2. The van der Waals surface area contributed by atoms with Crippen molar-refractivity contribution in [3.8, 4) is 5.75 Å². The minimum Gasteiger partial charge on any atom is -0.487 e. The zero-order valence-electron chi connectivity index (χ0n) is 11.3. The van der Waals surface area contributed by atoms with Gasteiger partial charge in [0.15, 0.2) is 21.4 Å². The van der Waals surface area contributed by atoms with Crippen molar-refractivity contribution in [3.63, 3.8) is 0 Å². The normalized spacial score (nSPS) is 18.7. The summed E-state index contributed by atoms with van der Waals surface area (Å²) >= 11 is 0. The second-order valence-corrected chi connectivity index (χ2v) is 7.20. The molecule has 0 saturated carbocycles. The van der Waals surface area contributed by atoms with Gasteiger partial charge in [-0.1, -0.05) is 6.07 Å². The Bertz CT molecular complexity index is 656. The van der Waals surface area contributed by atoms with Crippen LogP contribution < -0.4 is 10.5 Å². The highest BCUT2D eigenvalue weighted by Gasteiger charge is 2.25. The smallest absolute Gasteiger partial charge is 0.241 e. The summed E-state index contributed by atoms with van der Waals surface area (Å²) in [7, 11) is -2.97. The summed E-state index contributed by atoms with van der Waals surface area (Å²) in [4.78, 5) is 10.6. The van der Waals surface area contributed by atoms with Gasteiger partial charge < -0.3 is 10.5 Å². The van der Waals surface area contributed by atoms with E-state index in [1.165, 1.54) is 18.2 Å². The number of ether oxygens (including phenoxy) is 1. The SMILES string of the molecule is NC(=O)C=Cc1ccc(OC2CCS(=O)(=O)CC2)c(F)c1. The largest absolute Gasteiger partial charge is 0.487 e. The summed E-state index contributed by atoms with van der Waals surface area (Å²) in [5.74, 6) is -0.957. The maximum absolute atomic E-state index is 13.9. The molecule has 0 spiro atoms. The second kappa shape index (κ2) is 6.26.